The van der Waals surface area contributed by atoms with Gasteiger partial charge in [-0.2, -0.15) is 0 Å². The highest BCUT2D eigenvalue weighted by Gasteiger charge is 2.45. The van der Waals surface area contributed by atoms with E-state index < -0.39 is 0 Å². The molecule has 0 spiro atoms. The molecule has 2 aromatic rings. The Morgan fingerprint density at radius 3 is 2.60 bits per heavy atom. The first kappa shape index (κ1) is 13.6. The maximum Gasteiger partial charge on any atom is 0.251 e. The van der Waals surface area contributed by atoms with E-state index in [0.717, 1.165) is 27.4 Å². The molecule has 104 valence electrons. The Morgan fingerprint density at radius 2 is 1.90 bits per heavy atom. The minimum atomic E-state index is 0.0255. The standard InChI is InChI=1S/C17H18BrNO/c1-17(2)9-14(17)10-19-16(20)13-4-3-12-8-15(18)6-5-11(12)7-13/h3-8,14H,9-10H2,1-2H3,(H,19,20). The summed E-state index contributed by atoms with van der Waals surface area (Å²) in [5.74, 6) is 0.653. The minimum Gasteiger partial charge on any atom is -0.352 e. The zero-order valence-corrected chi connectivity index (χ0v) is 13.3. The van der Waals surface area contributed by atoms with Gasteiger partial charge in [0.05, 0.1) is 0 Å². The van der Waals surface area contributed by atoms with Crippen molar-refractivity contribution >= 4 is 32.6 Å². The number of benzene rings is 2. The molecule has 1 saturated carbocycles. The zero-order valence-electron chi connectivity index (χ0n) is 11.7. The number of halogens is 1. The highest BCUT2D eigenvalue weighted by molar-refractivity contribution is 9.10. The van der Waals surface area contributed by atoms with Gasteiger partial charge >= 0.3 is 0 Å². The summed E-state index contributed by atoms with van der Waals surface area (Å²) in [4.78, 5) is 12.2. The Bertz CT molecular complexity index is 678. The number of hydrogen-bond acceptors (Lipinski definition) is 1. The number of carbonyl (C=O) groups excluding carboxylic acids is 1. The summed E-state index contributed by atoms with van der Waals surface area (Å²) < 4.78 is 1.05. The molecule has 1 amide bonds. The lowest BCUT2D eigenvalue weighted by molar-refractivity contribution is 0.0950. The van der Waals surface area contributed by atoms with Crippen LogP contribution in [0.2, 0.25) is 0 Å². The van der Waals surface area contributed by atoms with Crippen LogP contribution < -0.4 is 5.32 Å². The van der Waals surface area contributed by atoms with Crippen molar-refractivity contribution in [2.24, 2.45) is 11.3 Å². The summed E-state index contributed by atoms with van der Waals surface area (Å²) in [5.41, 5.74) is 1.14. The molecule has 2 nitrogen and oxygen atoms in total. The predicted octanol–water partition coefficient (Wildman–Crippen LogP) is 4.38. The first-order valence-corrected chi connectivity index (χ1v) is 7.72. The lowest BCUT2D eigenvalue weighted by Gasteiger charge is -2.07. The molecule has 0 aromatic heterocycles. The van der Waals surface area contributed by atoms with Gasteiger partial charge in [0.2, 0.25) is 0 Å². The molecule has 3 rings (SSSR count). The highest BCUT2D eigenvalue weighted by Crippen LogP contribution is 2.50. The molecule has 0 bridgehead atoms. The molecule has 3 heteroatoms. The summed E-state index contributed by atoms with van der Waals surface area (Å²) in [6, 6.07) is 11.9. The van der Waals surface area contributed by atoms with Crippen LogP contribution in [-0.2, 0) is 0 Å². The average Bonchev–Trinajstić information content (AvgIpc) is 3.03. The molecule has 1 fully saturated rings. The number of amides is 1. The molecule has 1 aliphatic rings. The second-order valence-electron chi connectivity index (χ2n) is 6.31. The minimum absolute atomic E-state index is 0.0255. The predicted molar refractivity (Wildman–Crippen MR) is 85.9 cm³/mol. The van der Waals surface area contributed by atoms with Crippen molar-refractivity contribution in [3.8, 4) is 0 Å². The van der Waals surface area contributed by atoms with Crippen LogP contribution in [0.5, 0.6) is 0 Å². The molecule has 0 heterocycles. The second-order valence-corrected chi connectivity index (χ2v) is 7.22. The molecule has 2 aromatic carbocycles. The third-order valence-electron chi connectivity index (χ3n) is 4.29. The van der Waals surface area contributed by atoms with Crippen LogP contribution in [-0.4, -0.2) is 12.5 Å². The largest absolute Gasteiger partial charge is 0.352 e. The monoisotopic (exact) mass is 331 g/mol. The average molecular weight is 332 g/mol. The molecule has 1 unspecified atom stereocenters. The van der Waals surface area contributed by atoms with Crippen LogP contribution in [0.25, 0.3) is 10.8 Å². The summed E-state index contributed by atoms with van der Waals surface area (Å²) >= 11 is 3.46. The van der Waals surface area contributed by atoms with Crippen LogP contribution in [0, 0.1) is 11.3 Å². The summed E-state index contributed by atoms with van der Waals surface area (Å²) in [7, 11) is 0. The van der Waals surface area contributed by atoms with Gasteiger partial charge in [-0.15, -0.1) is 0 Å². The number of fused-ring (bicyclic) bond motifs is 1. The van der Waals surface area contributed by atoms with E-state index in [9.17, 15) is 4.79 Å². The maximum absolute atomic E-state index is 12.2. The molecule has 1 N–H and O–H groups in total. The van der Waals surface area contributed by atoms with Crippen molar-refractivity contribution in [1.29, 1.82) is 0 Å². The normalized spacial score (nSPS) is 19.9. The van der Waals surface area contributed by atoms with Crippen molar-refractivity contribution in [3.63, 3.8) is 0 Å². The molecular weight excluding hydrogens is 314 g/mol. The number of hydrogen-bond donors (Lipinski definition) is 1. The van der Waals surface area contributed by atoms with Crippen molar-refractivity contribution < 1.29 is 4.79 Å². The van der Waals surface area contributed by atoms with Gasteiger partial charge in [0.25, 0.3) is 5.91 Å². The summed E-state index contributed by atoms with van der Waals surface area (Å²) in [6.07, 6.45) is 1.21. The van der Waals surface area contributed by atoms with Gasteiger partial charge < -0.3 is 5.32 Å². The van der Waals surface area contributed by atoms with Crippen molar-refractivity contribution in [3.05, 3.63) is 46.4 Å². The van der Waals surface area contributed by atoms with E-state index in [2.05, 4.69) is 41.2 Å². The van der Waals surface area contributed by atoms with E-state index in [1.165, 1.54) is 6.42 Å². The van der Waals surface area contributed by atoms with E-state index in [1.807, 2.05) is 30.3 Å². The fourth-order valence-electron chi connectivity index (χ4n) is 2.60. The molecule has 20 heavy (non-hydrogen) atoms. The first-order valence-electron chi connectivity index (χ1n) is 6.93. The van der Waals surface area contributed by atoms with Gasteiger partial charge in [-0.05, 0) is 52.8 Å². The van der Waals surface area contributed by atoms with Crippen LogP contribution in [0.1, 0.15) is 30.6 Å². The van der Waals surface area contributed by atoms with E-state index in [0.29, 0.717) is 11.3 Å². The van der Waals surface area contributed by atoms with Crippen molar-refractivity contribution in [1.82, 2.24) is 5.32 Å². The first-order chi connectivity index (χ1) is 9.45. The molecule has 1 aliphatic carbocycles. The smallest absolute Gasteiger partial charge is 0.251 e. The number of rotatable bonds is 3. The van der Waals surface area contributed by atoms with Crippen LogP contribution in [0.4, 0.5) is 0 Å². The van der Waals surface area contributed by atoms with Crippen LogP contribution >= 0.6 is 15.9 Å². The van der Waals surface area contributed by atoms with Crippen LogP contribution in [0.15, 0.2) is 40.9 Å². The molecule has 1 atom stereocenters. The topological polar surface area (TPSA) is 29.1 Å². The number of carbonyl (C=O) groups is 1. The van der Waals surface area contributed by atoms with Crippen molar-refractivity contribution in [2.45, 2.75) is 20.3 Å². The highest BCUT2D eigenvalue weighted by atomic mass is 79.9. The maximum atomic E-state index is 12.2. The fourth-order valence-corrected chi connectivity index (χ4v) is 2.98. The fraction of sp³-hybridized carbons (Fsp3) is 0.353. The third kappa shape index (κ3) is 2.73. The summed E-state index contributed by atoms with van der Waals surface area (Å²) in [6.45, 7) is 5.28. The van der Waals surface area contributed by atoms with E-state index in [-0.39, 0.29) is 5.91 Å². The lowest BCUT2D eigenvalue weighted by atomic mass is 10.1. The molecule has 0 aliphatic heterocycles. The van der Waals surface area contributed by atoms with E-state index >= 15 is 0 Å². The Kier molecular flexibility index (Phi) is 3.33. The molecular formula is C17H18BrNO. The Morgan fingerprint density at radius 1 is 1.25 bits per heavy atom. The SMILES string of the molecule is CC1(C)CC1CNC(=O)c1ccc2cc(Br)ccc2c1. The van der Waals surface area contributed by atoms with Gasteiger partial charge in [0.15, 0.2) is 0 Å². The second kappa shape index (κ2) is 4.88. The summed E-state index contributed by atoms with van der Waals surface area (Å²) in [5, 5.41) is 5.27. The van der Waals surface area contributed by atoms with E-state index in [4.69, 9.17) is 0 Å². The van der Waals surface area contributed by atoms with Crippen molar-refractivity contribution in [2.75, 3.05) is 6.54 Å². The Balaban J connectivity index is 1.73. The lowest BCUT2D eigenvalue weighted by Crippen LogP contribution is -2.26. The molecule has 0 radical (unpaired) electrons. The van der Waals surface area contributed by atoms with E-state index in [1.54, 1.807) is 0 Å². The molecule has 0 saturated heterocycles. The van der Waals surface area contributed by atoms with Gasteiger partial charge in [0, 0.05) is 16.6 Å². The number of nitrogens with one attached hydrogen (secondary N) is 1. The quantitative estimate of drug-likeness (QED) is 0.888. The Labute approximate surface area is 127 Å². The zero-order chi connectivity index (χ0) is 14.3. The van der Waals surface area contributed by atoms with Crippen LogP contribution in [0.3, 0.4) is 0 Å². The van der Waals surface area contributed by atoms with Gasteiger partial charge in [-0.3, -0.25) is 4.79 Å². The third-order valence-corrected chi connectivity index (χ3v) is 4.78. The van der Waals surface area contributed by atoms with Gasteiger partial charge in [0.1, 0.15) is 0 Å². The van der Waals surface area contributed by atoms with Gasteiger partial charge in [-0.25, -0.2) is 0 Å². The Hall–Kier alpha value is -1.35. The van der Waals surface area contributed by atoms with Gasteiger partial charge in [-0.1, -0.05) is 41.9 Å².